The normalized spacial score (nSPS) is 13.8. The number of carbonyl (C=O) groups excluding carboxylic acids is 2. The highest BCUT2D eigenvalue weighted by Gasteiger charge is 2.40. The van der Waals surface area contributed by atoms with Crippen LogP contribution in [0.4, 0.5) is 0 Å². The minimum absolute atomic E-state index is 0.243. The molecule has 0 N–H and O–H groups in total. The molecule has 0 bridgehead atoms. The molecular weight excluding hydrogens is 394 g/mol. The molecule has 150 valence electrons. The van der Waals surface area contributed by atoms with Gasteiger partial charge in [-0.25, -0.2) is 0 Å². The summed E-state index contributed by atoms with van der Waals surface area (Å²) in [4.78, 5) is 28.5. The average molecular weight is 416 g/mol. The van der Waals surface area contributed by atoms with Gasteiger partial charge in [-0.2, -0.15) is 0 Å². The van der Waals surface area contributed by atoms with Crippen molar-refractivity contribution in [3.63, 3.8) is 0 Å². The Hall–Kier alpha value is -3.31. The van der Waals surface area contributed by atoms with Crippen LogP contribution in [0, 0.1) is 0 Å². The second-order valence-corrected chi connectivity index (χ2v) is 7.85. The number of rotatable bonds is 7. The van der Waals surface area contributed by atoms with Crippen LogP contribution in [0.25, 0.3) is 5.57 Å². The van der Waals surface area contributed by atoms with Gasteiger partial charge in [-0.1, -0.05) is 78.9 Å². The highest BCUT2D eigenvalue weighted by molar-refractivity contribution is 8.03. The van der Waals surface area contributed by atoms with Crippen LogP contribution < -0.4 is 4.74 Å². The van der Waals surface area contributed by atoms with Crippen LogP contribution >= 0.6 is 11.8 Å². The molecule has 1 heterocycles. The summed E-state index contributed by atoms with van der Waals surface area (Å²) in [5.74, 6) is 0.634. The van der Waals surface area contributed by atoms with Crippen LogP contribution in [0.5, 0.6) is 5.75 Å². The zero-order chi connectivity index (χ0) is 20.9. The smallest absolute Gasteiger partial charge is 0.268 e. The maximum Gasteiger partial charge on any atom is 0.268 e. The summed E-state index contributed by atoms with van der Waals surface area (Å²) in [6.45, 7) is 0.243. The third-order valence-electron chi connectivity index (χ3n) is 4.91. The minimum atomic E-state index is -0.288. The fourth-order valence-electron chi connectivity index (χ4n) is 3.42. The van der Waals surface area contributed by atoms with Gasteiger partial charge in [-0.15, -0.1) is 11.8 Å². The zero-order valence-corrected chi connectivity index (χ0v) is 17.4. The lowest BCUT2D eigenvalue weighted by Crippen LogP contribution is -2.30. The van der Waals surface area contributed by atoms with Gasteiger partial charge in [0.15, 0.2) is 0 Å². The van der Waals surface area contributed by atoms with Gasteiger partial charge in [0.05, 0.1) is 24.1 Å². The van der Waals surface area contributed by atoms with Gasteiger partial charge in [0, 0.05) is 11.3 Å². The Kier molecular flexibility index (Phi) is 6.00. The largest absolute Gasteiger partial charge is 0.496 e. The van der Waals surface area contributed by atoms with Crippen LogP contribution in [-0.4, -0.2) is 23.8 Å². The molecule has 3 aromatic rings. The van der Waals surface area contributed by atoms with E-state index in [9.17, 15) is 9.59 Å². The molecule has 1 aliphatic heterocycles. The molecule has 0 spiro atoms. The molecule has 0 saturated heterocycles. The van der Waals surface area contributed by atoms with Crippen molar-refractivity contribution in [3.05, 3.63) is 107 Å². The van der Waals surface area contributed by atoms with Crippen molar-refractivity contribution < 1.29 is 14.3 Å². The van der Waals surface area contributed by atoms with E-state index in [0.717, 1.165) is 11.1 Å². The van der Waals surface area contributed by atoms with E-state index in [2.05, 4.69) is 0 Å². The maximum atomic E-state index is 13.4. The van der Waals surface area contributed by atoms with Crippen molar-refractivity contribution in [2.24, 2.45) is 0 Å². The van der Waals surface area contributed by atoms with Gasteiger partial charge < -0.3 is 4.74 Å². The monoisotopic (exact) mass is 415 g/mol. The number of amides is 2. The number of imide groups is 1. The van der Waals surface area contributed by atoms with E-state index in [4.69, 9.17) is 4.74 Å². The van der Waals surface area contributed by atoms with Crippen molar-refractivity contribution in [2.75, 3.05) is 7.11 Å². The number of hydrogen-bond donors (Lipinski definition) is 0. The minimum Gasteiger partial charge on any atom is -0.496 e. The van der Waals surface area contributed by atoms with Crippen molar-refractivity contribution in [3.8, 4) is 5.75 Å². The number of methoxy groups -OCH3 is 1. The van der Waals surface area contributed by atoms with E-state index in [1.54, 1.807) is 13.2 Å². The Morgan fingerprint density at radius 3 is 2.03 bits per heavy atom. The quantitative estimate of drug-likeness (QED) is 0.515. The molecule has 4 nitrogen and oxygen atoms in total. The fourth-order valence-corrected chi connectivity index (χ4v) is 4.49. The first kappa shape index (κ1) is 20.0. The molecule has 5 heteroatoms. The molecule has 0 aliphatic carbocycles. The Morgan fingerprint density at radius 2 is 1.37 bits per heavy atom. The first-order valence-electron chi connectivity index (χ1n) is 9.63. The predicted octanol–water partition coefficient (Wildman–Crippen LogP) is 4.91. The standard InChI is InChI=1S/C25H21NO3S/c1-29-21-15-9-8-14-20(21)22-23(30-17-19-12-6-3-7-13-19)25(28)26(24(22)27)16-18-10-4-2-5-11-18/h2-15H,16-17H2,1H3. The lowest BCUT2D eigenvalue weighted by Gasteiger charge is -2.15. The molecule has 1 aliphatic rings. The van der Waals surface area contributed by atoms with Gasteiger partial charge in [0.1, 0.15) is 5.75 Å². The van der Waals surface area contributed by atoms with Crippen LogP contribution in [0.15, 0.2) is 89.8 Å². The molecule has 0 aromatic heterocycles. The first-order valence-corrected chi connectivity index (χ1v) is 10.6. The molecule has 0 saturated carbocycles. The SMILES string of the molecule is COc1ccccc1C1=C(SCc2ccccc2)C(=O)N(Cc2ccccc2)C1=O. The van der Waals surface area contributed by atoms with E-state index >= 15 is 0 Å². The highest BCUT2D eigenvalue weighted by Crippen LogP contribution is 2.40. The van der Waals surface area contributed by atoms with Crippen molar-refractivity contribution in [1.82, 2.24) is 4.90 Å². The van der Waals surface area contributed by atoms with Crippen LogP contribution in [-0.2, 0) is 21.9 Å². The first-order chi connectivity index (χ1) is 14.7. The van der Waals surface area contributed by atoms with E-state index in [0.29, 0.717) is 27.5 Å². The predicted molar refractivity (Wildman–Crippen MR) is 120 cm³/mol. The van der Waals surface area contributed by atoms with Gasteiger partial charge in [0.2, 0.25) is 0 Å². The molecule has 0 atom stereocenters. The zero-order valence-electron chi connectivity index (χ0n) is 16.6. The molecule has 0 fully saturated rings. The number of benzene rings is 3. The van der Waals surface area contributed by atoms with E-state index in [1.807, 2.05) is 78.9 Å². The van der Waals surface area contributed by atoms with E-state index in [1.165, 1.54) is 16.7 Å². The summed E-state index contributed by atoms with van der Waals surface area (Å²) in [5.41, 5.74) is 3.06. The number of ether oxygens (including phenoxy) is 1. The molecule has 30 heavy (non-hydrogen) atoms. The third kappa shape index (κ3) is 4.02. The van der Waals surface area contributed by atoms with Crippen LogP contribution in [0.1, 0.15) is 16.7 Å². The van der Waals surface area contributed by atoms with Gasteiger partial charge >= 0.3 is 0 Å². The molecule has 0 radical (unpaired) electrons. The molecule has 3 aromatic carbocycles. The Labute approximate surface area is 180 Å². The highest BCUT2D eigenvalue weighted by atomic mass is 32.2. The number of para-hydroxylation sites is 1. The summed E-state index contributed by atoms with van der Waals surface area (Å²) in [7, 11) is 1.57. The van der Waals surface area contributed by atoms with E-state index in [-0.39, 0.29) is 18.4 Å². The van der Waals surface area contributed by atoms with Gasteiger partial charge in [0.25, 0.3) is 11.8 Å². The second kappa shape index (κ2) is 9.01. The molecule has 2 amide bonds. The second-order valence-electron chi connectivity index (χ2n) is 6.86. The summed E-state index contributed by atoms with van der Waals surface area (Å²) in [6, 6.07) is 26.8. The van der Waals surface area contributed by atoms with Crippen LogP contribution in [0.3, 0.4) is 0 Å². The number of nitrogens with zero attached hydrogens (tertiary/aromatic N) is 1. The number of thioether (sulfide) groups is 1. The summed E-state index contributed by atoms with van der Waals surface area (Å²) < 4.78 is 5.48. The van der Waals surface area contributed by atoms with Gasteiger partial charge in [-0.05, 0) is 17.2 Å². The number of carbonyl (C=O) groups is 2. The lowest BCUT2D eigenvalue weighted by molar-refractivity contribution is -0.137. The average Bonchev–Trinajstić information content (AvgIpc) is 3.03. The molecule has 4 rings (SSSR count). The molecule has 0 unspecified atom stereocenters. The van der Waals surface area contributed by atoms with Crippen molar-refractivity contribution >= 4 is 29.1 Å². The summed E-state index contributed by atoms with van der Waals surface area (Å²) in [5, 5.41) is 0. The molecular formula is C25H21NO3S. The Morgan fingerprint density at radius 1 is 0.767 bits per heavy atom. The van der Waals surface area contributed by atoms with Crippen molar-refractivity contribution in [1.29, 1.82) is 0 Å². The van der Waals surface area contributed by atoms with E-state index < -0.39 is 0 Å². The van der Waals surface area contributed by atoms with Crippen molar-refractivity contribution in [2.45, 2.75) is 12.3 Å². The van der Waals surface area contributed by atoms with Crippen LogP contribution in [0.2, 0.25) is 0 Å². The fraction of sp³-hybridized carbons (Fsp3) is 0.120. The summed E-state index contributed by atoms with van der Waals surface area (Å²) >= 11 is 1.40. The van der Waals surface area contributed by atoms with Gasteiger partial charge in [-0.3, -0.25) is 14.5 Å². The topological polar surface area (TPSA) is 46.6 Å². The lowest BCUT2D eigenvalue weighted by atomic mass is 10.0. The summed E-state index contributed by atoms with van der Waals surface area (Å²) in [6.07, 6.45) is 0. The maximum absolute atomic E-state index is 13.4. The Bertz CT molecular complexity index is 1090. The third-order valence-corrected chi connectivity index (χ3v) is 6.06. The number of hydrogen-bond acceptors (Lipinski definition) is 4. The Balaban J connectivity index is 1.71.